The Labute approximate surface area is 174 Å². The zero-order valence-corrected chi connectivity index (χ0v) is 17.8. The first-order valence-electron chi connectivity index (χ1n) is 9.35. The lowest BCUT2D eigenvalue weighted by Crippen LogP contribution is -2.64. The number of nitrogens with one attached hydrogen (secondary N) is 1. The zero-order chi connectivity index (χ0) is 20.3. The van der Waals surface area contributed by atoms with Crippen LogP contribution in [0.5, 0.6) is 0 Å². The molecule has 2 heterocycles. The van der Waals surface area contributed by atoms with Crippen molar-refractivity contribution in [2.75, 3.05) is 18.6 Å². The third kappa shape index (κ3) is 4.89. The SMILES string of the molecule is CSC[C@H]1CN(C(=O)c2cc(-c3ccc(Cl)cc3)on2)[C@@H](CC(C)C)C(O)N1. The molecule has 1 amide bonds. The van der Waals surface area contributed by atoms with Gasteiger partial charge in [0.25, 0.3) is 5.91 Å². The largest absolute Gasteiger partial charge is 0.376 e. The maximum Gasteiger partial charge on any atom is 0.276 e. The molecule has 3 rings (SSSR count). The lowest BCUT2D eigenvalue weighted by atomic mass is 9.97. The average molecular weight is 424 g/mol. The highest BCUT2D eigenvalue weighted by atomic mass is 35.5. The lowest BCUT2D eigenvalue weighted by molar-refractivity contribution is -0.0189. The van der Waals surface area contributed by atoms with Crippen LogP contribution in [0.15, 0.2) is 34.9 Å². The van der Waals surface area contributed by atoms with E-state index in [1.807, 2.05) is 18.4 Å². The van der Waals surface area contributed by atoms with Gasteiger partial charge in [0.15, 0.2) is 11.5 Å². The molecule has 1 aliphatic heterocycles. The number of aliphatic hydroxyl groups is 1. The van der Waals surface area contributed by atoms with Gasteiger partial charge in [-0.2, -0.15) is 11.8 Å². The summed E-state index contributed by atoms with van der Waals surface area (Å²) in [5.41, 5.74) is 1.05. The van der Waals surface area contributed by atoms with Crippen molar-refractivity contribution in [1.82, 2.24) is 15.4 Å². The first-order chi connectivity index (χ1) is 13.4. The minimum absolute atomic E-state index is 0.0278. The second kappa shape index (κ2) is 9.31. The molecule has 1 unspecified atom stereocenters. The number of rotatable bonds is 6. The van der Waals surface area contributed by atoms with Crippen molar-refractivity contribution in [1.29, 1.82) is 0 Å². The van der Waals surface area contributed by atoms with Crippen LogP contribution in [0.3, 0.4) is 0 Å². The summed E-state index contributed by atoms with van der Waals surface area (Å²) in [5.74, 6) is 1.44. The normalized spacial score (nSPS) is 22.6. The van der Waals surface area contributed by atoms with Crippen molar-refractivity contribution in [2.24, 2.45) is 5.92 Å². The Morgan fingerprint density at radius 3 is 2.79 bits per heavy atom. The Balaban J connectivity index is 1.83. The fourth-order valence-electron chi connectivity index (χ4n) is 3.50. The van der Waals surface area contributed by atoms with Crippen molar-refractivity contribution in [3.05, 3.63) is 41.0 Å². The van der Waals surface area contributed by atoms with Crippen LogP contribution in [0.4, 0.5) is 0 Å². The monoisotopic (exact) mass is 423 g/mol. The number of aliphatic hydroxyl groups excluding tert-OH is 1. The number of hydrogen-bond donors (Lipinski definition) is 2. The molecule has 1 aliphatic rings. The Hall–Kier alpha value is -1.54. The third-order valence-corrected chi connectivity index (χ3v) is 5.78. The van der Waals surface area contributed by atoms with Gasteiger partial charge in [0, 0.05) is 35.0 Å². The number of carbonyl (C=O) groups is 1. The second-order valence-corrected chi connectivity index (χ2v) is 8.85. The molecule has 1 aromatic heterocycles. The Morgan fingerprint density at radius 2 is 2.14 bits per heavy atom. The molecule has 1 aromatic carbocycles. The molecule has 6 nitrogen and oxygen atoms in total. The van der Waals surface area contributed by atoms with Gasteiger partial charge in [-0.25, -0.2) is 0 Å². The van der Waals surface area contributed by atoms with Crippen molar-refractivity contribution in [3.63, 3.8) is 0 Å². The van der Waals surface area contributed by atoms with Gasteiger partial charge >= 0.3 is 0 Å². The van der Waals surface area contributed by atoms with Gasteiger partial charge < -0.3 is 14.5 Å². The molecule has 0 spiro atoms. The van der Waals surface area contributed by atoms with E-state index in [0.29, 0.717) is 29.7 Å². The minimum Gasteiger partial charge on any atom is -0.376 e. The Kier molecular flexibility index (Phi) is 7.04. The van der Waals surface area contributed by atoms with Crippen LogP contribution in [0, 0.1) is 5.92 Å². The Morgan fingerprint density at radius 1 is 1.43 bits per heavy atom. The third-order valence-electron chi connectivity index (χ3n) is 4.79. The summed E-state index contributed by atoms with van der Waals surface area (Å²) in [6, 6.07) is 8.54. The molecule has 2 aromatic rings. The number of nitrogens with zero attached hydrogens (tertiary/aromatic N) is 2. The smallest absolute Gasteiger partial charge is 0.276 e. The van der Waals surface area contributed by atoms with E-state index in [1.165, 1.54) is 0 Å². The van der Waals surface area contributed by atoms with Gasteiger partial charge in [-0.15, -0.1) is 0 Å². The van der Waals surface area contributed by atoms with E-state index in [9.17, 15) is 9.90 Å². The molecule has 1 saturated heterocycles. The molecule has 0 saturated carbocycles. The standard InChI is InChI=1S/C20H26ClN3O3S/c1-12(2)8-17-19(25)22-15(11-28-3)10-24(17)20(26)16-9-18(27-23-16)13-4-6-14(21)7-5-13/h4-7,9,12,15,17,19,22,25H,8,10-11H2,1-3H3/t15-,17+,19?/m1/s1. The van der Waals surface area contributed by atoms with E-state index >= 15 is 0 Å². The van der Waals surface area contributed by atoms with E-state index in [2.05, 4.69) is 24.3 Å². The number of benzene rings is 1. The maximum absolute atomic E-state index is 13.2. The van der Waals surface area contributed by atoms with Crippen molar-refractivity contribution in [2.45, 2.75) is 38.6 Å². The summed E-state index contributed by atoms with van der Waals surface area (Å²) in [6.45, 7) is 4.69. The van der Waals surface area contributed by atoms with Gasteiger partial charge in [-0.1, -0.05) is 30.6 Å². The fourth-order valence-corrected chi connectivity index (χ4v) is 4.23. The van der Waals surface area contributed by atoms with Gasteiger partial charge in [0.1, 0.15) is 6.23 Å². The van der Waals surface area contributed by atoms with Crippen LogP contribution in [0.1, 0.15) is 30.8 Å². The molecule has 0 radical (unpaired) electrons. The summed E-state index contributed by atoms with van der Waals surface area (Å²) >= 11 is 7.61. The summed E-state index contributed by atoms with van der Waals surface area (Å²) in [4.78, 5) is 15.0. The summed E-state index contributed by atoms with van der Waals surface area (Å²) < 4.78 is 5.40. The maximum atomic E-state index is 13.2. The van der Waals surface area contributed by atoms with Gasteiger partial charge in [-0.05, 0) is 42.9 Å². The van der Waals surface area contributed by atoms with E-state index in [0.717, 1.165) is 11.3 Å². The molecule has 3 atom stereocenters. The molecule has 8 heteroatoms. The first kappa shape index (κ1) is 21.2. The van der Waals surface area contributed by atoms with Crippen LogP contribution in [0.2, 0.25) is 5.02 Å². The van der Waals surface area contributed by atoms with Crippen LogP contribution >= 0.6 is 23.4 Å². The van der Waals surface area contributed by atoms with Crippen LogP contribution < -0.4 is 5.32 Å². The number of thioether (sulfide) groups is 1. The number of halogens is 1. The molecule has 152 valence electrons. The van der Waals surface area contributed by atoms with Crippen LogP contribution in [-0.2, 0) is 0 Å². The quantitative estimate of drug-likeness (QED) is 0.740. The summed E-state index contributed by atoms with van der Waals surface area (Å²) in [7, 11) is 0. The second-order valence-electron chi connectivity index (χ2n) is 7.50. The number of hydrogen-bond acceptors (Lipinski definition) is 6. The lowest BCUT2D eigenvalue weighted by Gasteiger charge is -2.43. The Bertz CT molecular complexity index is 796. The zero-order valence-electron chi connectivity index (χ0n) is 16.3. The molecule has 0 aliphatic carbocycles. The van der Waals surface area contributed by atoms with Crippen molar-refractivity contribution in [3.8, 4) is 11.3 Å². The summed E-state index contributed by atoms with van der Waals surface area (Å²) in [5, 5.41) is 18.5. The highest BCUT2D eigenvalue weighted by Gasteiger charge is 2.38. The van der Waals surface area contributed by atoms with E-state index in [4.69, 9.17) is 16.1 Å². The molecule has 0 bridgehead atoms. The van der Waals surface area contributed by atoms with E-state index in [-0.39, 0.29) is 23.7 Å². The predicted molar refractivity (Wildman–Crippen MR) is 113 cm³/mol. The average Bonchev–Trinajstić information content (AvgIpc) is 3.14. The summed E-state index contributed by atoms with van der Waals surface area (Å²) in [6.07, 6.45) is 1.95. The van der Waals surface area contributed by atoms with Gasteiger partial charge in [-0.3, -0.25) is 10.1 Å². The van der Waals surface area contributed by atoms with Crippen LogP contribution in [0.25, 0.3) is 11.3 Å². The van der Waals surface area contributed by atoms with Crippen molar-refractivity contribution < 1.29 is 14.4 Å². The number of amides is 1. The van der Waals surface area contributed by atoms with Gasteiger partial charge in [0.2, 0.25) is 0 Å². The molecule has 28 heavy (non-hydrogen) atoms. The predicted octanol–water partition coefficient (Wildman–Crippen LogP) is 3.51. The number of piperazine rings is 1. The van der Waals surface area contributed by atoms with Crippen molar-refractivity contribution >= 4 is 29.3 Å². The molecular weight excluding hydrogens is 398 g/mol. The topological polar surface area (TPSA) is 78.6 Å². The first-order valence-corrected chi connectivity index (χ1v) is 11.1. The fraction of sp³-hybridized carbons (Fsp3) is 0.500. The van der Waals surface area contributed by atoms with E-state index in [1.54, 1.807) is 34.9 Å². The number of aromatic nitrogens is 1. The van der Waals surface area contributed by atoms with Gasteiger partial charge in [0.05, 0.1) is 6.04 Å². The number of carbonyl (C=O) groups excluding carboxylic acids is 1. The molecule has 1 fully saturated rings. The molecule has 2 N–H and O–H groups in total. The molecular formula is C20H26ClN3O3S. The minimum atomic E-state index is -0.764. The highest BCUT2D eigenvalue weighted by molar-refractivity contribution is 7.98. The highest BCUT2D eigenvalue weighted by Crippen LogP contribution is 2.26. The van der Waals surface area contributed by atoms with E-state index < -0.39 is 6.23 Å². The van der Waals surface area contributed by atoms with Crippen LogP contribution in [-0.4, -0.2) is 57.9 Å².